The molecule has 2 aliphatic rings. The van der Waals surface area contributed by atoms with E-state index in [-0.39, 0.29) is 38.2 Å². The average molecular weight is 746 g/mol. The van der Waals surface area contributed by atoms with Crippen LogP contribution in [0.3, 0.4) is 0 Å². The van der Waals surface area contributed by atoms with Crippen LogP contribution in [0.2, 0.25) is 0 Å². The number of benzene rings is 2. The second-order valence-electron chi connectivity index (χ2n) is 19.8. The number of hydrogen-bond donors (Lipinski definition) is 2. The molecule has 0 saturated heterocycles. The molecule has 2 N–H and O–H groups in total. The molecule has 55 heavy (non-hydrogen) atoms. The highest BCUT2D eigenvalue weighted by Gasteiger charge is 2.49. The molecule has 0 spiro atoms. The second kappa shape index (κ2) is 14.9. The van der Waals surface area contributed by atoms with Crippen molar-refractivity contribution >= 4 is 23.4 Å². The first-order valence-corrected chi connectivity index (χ1v) is 19.8. The molecule has 7 heteroatoms. The number of anilines is 2. The van der Waals surface area contributed by atoms with Crippen molar-refractivity contribution in [2.45, 2.75) is 143 Å². The Morgan fingerprint density at radius 1 is 0.691 bits per heavy atom. The number of aromatic nitrogens is 2. The minimum atomic E-state index is -0.959. The van der Waals surface area contributed by atoms with Gasteiger partial charge in [-0.15, -0.1) is 0 Å². The van der Waals surface area contributed by atoms with Crippen molar-refractivity contribution in [3.63, 3.8) is 0 Å². The normalized spacial score (nSPS) is 16.8. The van der Waals surface area contributed by atoms with Crippen LogP contribution >= 0.6 is 0 Å². The Morgan fingerprint density at radius 3 is 1.58 bits per heavy atom. The lowest BCUT2D eigenvalue weighted by Crippen LogP contribution is -2.34. The lowest BCUT2D eigenvalue weighted by atomic mass is 9.62. The summed E-state index contributed by atoms with van der Waals surface area (Å²) in [6.45, 7) is 30.2. The smallest absolute Gasteiger partial charge is 0.337 e. The van der Waals surface area contributed by atoms with E-state index in [2.05, 4.69) is 135 Å². The van der Waals surface area contributed by atoms with Crippen molar-refractivity contribution < 1.29 is 19.8 Å². The third kappa shape index (κ3) is 8.98. The zero-order chi connectivity index (χ0) is 40.9. The van der Waals surface area contributed by atoms with Gasteiger partial charge in [0.25, 0.3) is 0 Å². The van der Waals surface area contributed by atoms with Crippen LogP contribution in [0.25, 0.3) is 0 Å². The van der Waals surface area contributed by atoms with Gasteiger partial charge in [-0.25, -0.2) is 14.6 Å². The van der Waals surface area contributed by atoms with Gasteiger partial charge in [-0.2, -0.15) is 0 Å². The van der Waals surface area contributed by atoms with Crippen LogP contribution < -0.4 is 4.90 Å². The number of carboxylic acids is 2. The summed E-state index contributed by atoms with van der Waals surface area (Å²) >= 11 is 0. The number of aryl methyl sites for hydroxylation is 1. The molecule has 4 aromatic rings. The van der Waals surface area contributed by atoms with Gasteiger partial charge in [-0.1, -0.05) is 101 Å². The van der Waals surface area contributed by atoms with Gasteiger partial charge in [-0.3, -0.25) is 4.98 Å². The number of carbonyl (C=O) groups is 2. The first kappa shape index (κ1) is 41.6. The van der Waals surface area contributed by atoms with E-state index in [0.717, 1.165) is 36.6 Å². The summed E-state index contributed by atoms with van der Waals surface area (Å²) in [7, 11) is 0. The molecule has 2 aromatic heterocycles. The van der Waals surface area contributed by atoms with E-state index in [4.69, 9.17) is 5.11 Å². The maximum atomic E-state index is 11.2. The van der Waals surface area contributed by atoms with Crippen LogP contribution in [0.5, 0.6) is 0 Å². The van der Waals surface area contributed by atoms with Crippen molar-refractivity contribution in [1.29, 1.82) is 0 Å². The molecule has 0 atom stereocenters. The van der Waals surface area contributed by atoms with Crippen molar-refractivity contribution in [2.75, 3.05) is 11.4 Å². The molecule has 0 unspecified atom stereocenters. The van der Waals surface area contributed by atoms with Crippen LogP contribution in [0, 0.1) is 12.8 Å². The number of hydrogen-bond acceptors (Lipinski definition) is 5. The van der Waals surface area contributed by atoms with Crippen LogP contribution in [0.4, 0.5) is 11.5 Å². The molecule has 0 aliphatic heterocycles. The molecule has 2 aliphatic carbocycles. The van der Waals surface area contributed by atoms with Gasteiger partial charge in [-0.05, 0) is 130 Å². The van der Waals surface area contributed by atoms with Gasteiger partial charge in [0.2, 0.25) is 0 Å². The molecular formula is C48H63N3O4. The second-order valence-corrected chi connectivity index (χ2v) is 19.8. The maximum Gasteiger partial charge on any atom is 0.337 e. The molecule has 2 aromatic carbocycles. The highest BCUT2D eigenvalue weighted by Crippen LogP contribution is 2.56. The zero-order valence-corrected chi connectivity index (χ0v) is 35.5. The van der Waals surface area contributed by atoms with E-state index >= 15 is 0 Å². The molecule has 2 heterocycles. The zero-order valence-electron chi connectivity index (χ0n) is 35.5. The van der Waals surface area contributed by atoms with Crippen molar-refractivity contribution in [3.05, 3.63) is 117 Å². The Morgan fingerprint density at radius 2 is 1.18 bits per heavy atom. The lowest BCUT2D eigenvalue weighted by Gasteiger charge is -2.43. The maximum absolute atomic E-state index is 11.2. The van der Waals surface area contributed by atoms with Crippen LogP contribution in [-0.2, 0) is 27.1 Å². The molecule has 7 nitrogen and oxygen atoms in total. The van der Waals surface area contributed by atoms with Gasteiger partial charge in [0.15, 0.2) is 0 Å². The Kier molecular flexibility index (Phi) is 11.2. The van der Waals surface area contributed by atoms with Gasteiger partial charge in [0.05, 0.1) is 16.8 Å². The number of aromatic carboxylic acids is 2. The molecule has 0 amide bonds. The number of fused-ring (bicyclic) bond motifs is 1. The van der Waals surface area contributed by atoms with Crippen molar-refractivity contribution in [2.24, 2.45) is 5.92 Å². The fourth-order valence-corrected chi connectivity index (χ4v) is 7.83. The predicted octanol–water partition coefficient (Wildman–Crippen LogP) is 11.7. The van der Waals surface area contributed by atoms with E-state index in [1.807, 2.05) is 6.07 Å². The molecule has 1 saturated carbocycles. The van der Waals surface area contributed by atoms with Crippen LogP contribution in [0.1, 0.15) is 169 Å². The van der Waals surface area contributed by atoms with Gasteiger partial charge < -0.3 is 15.1 Å². The molecule has 6 rings (SSSR count). The summed E-state index contributed by atoms with van der Waals surface area (Å²) in [5, 5.41) is 18.3. The largest absolute Gasteiger partial charge is 0.478 e. The summed E-state index contributed by atoms with van der Waals surface area (Å²) in [4.78, 5) is 33.5. The van der Waals surface area contributed by atoms with E-state index in [9.17, 15) is 14.7 Å². The summed E-state index contributed by atoms with van der Waals surface area (Å²) in [6.07, 6.45) is 7.51. The van der Waals surface area contributed by atoms with Crippen LogP contribution in [-0.4, -0.2) is 38.7 Å². The summed E-state index contributed by atoms with van der Waals surface area (Å²) in [5.74, 6) is -0.686. The van der Waals surface area contributed by atoms with Crippen LogP contribution in [0.15, 0.2) is 67.0 Å². The Labute approximate surface area is 329 Å². The Hall–Kier alpha value is -4.52. The highest BCUT2D eigenvalue weighted by atomic mass is 16.4. The fourth-order valence-electron chi connectivity index (χ4n) is 7.83. The van der Waals surface area contributed by atoms with E-state index in [1.54, 1.807) is 18.2 Å². The molecule has 294 valence electrons. The van der Waals surface area contributed by atoms with Crippen molar-refractivity contribution in [1.82, 2.24) is 9.97 Å². The van der Waals surface area contributed by atoms with Gasteiger partial charge >= 0.3 is 11.9 Å². The van der Waals surface area contributed by atoms with E-state index in [0.29, 0.717) is 5.92 Å². The standard InChI is InChI=1S/C24H34N2O2.C24H29NO2/c1-16(2)15-26(21-10-9-17(14-25-21)22(27)28)20-12-18(23(3,4)5)11-19(13-20)24(6,7)8;1-15-12-18-19(23(4,5)9-8-22(18,2)3)13-17(15)24(10-11-24)20-7-6-16(14-25-20)21(26)27/h9-14,16H,15H2,1-8H3,(H,27,28);6-7,12-14H,8-11H2,1-5H3,(H,26,27). The molecule has 1 fully saturated rings. The van der Waals surface area contributed by atoms with E-state index < -0.39 is 11.9 Å². The number of carboxylic acid groups (broad SMARTS) is 2. The van der Waals surface area contributed by atoms with E-state index in [1.165, 1.54) is 58.6 Å². The summed E-state index contributed by atoms with van der Waals surface area (Å²) in [5.41, 5.74) is 11.2. The third-order valence-corrected chi connectivity index (χ3v) is 11.7. The SMILES string of the molecule is CC(C)CN(c1cc(C(C)(C)C)cc(C(C)(C)C)c1)c1ccc(C(=O)O)cn1.Cc1cc2c(cc1C1(c3ccc(C(=O)O)cn3)CC1)C(C)(C)CCC2(C)C. The Bertz CT molecular complexity index is 2010. The third-order valence-electron chi connectivity index (χ3n) is 11.7. The summed E-state index contributed by atoms with van der Waals surface area (Å²) < 4.78 is 0. The number of rotatable bonds is 8. The molecule has 0 radical (unpaired) electrons. The average Bonchev–Trinajstić information content (AvgIpc) is 3.90. The predicted molar refractivity (Wildman–Crippen MR) is 225 cm³/mol. The number of pyridine rings is 2. The first-order chi connectivity index (χ1) is 25.4. The fraction of sp³-hybridized carbons (Fsp3) is 0.500. The number of nitrogens with zero attached hydrogens (tertiary/aromatic N) is 3. The topological polar surface area (TPSA) is 104 Å². The minimum Gasteiger partial charge on any atom is -0.478 e. The first-order valence-electron chi connectivity index (χ1n) is 19.8. The van der Waals surface area contributed by atoms with Gasteiger partial charge in [0.1, 0.15) is 5.82 Å². The Balaban J connectivity index is 0.000000211. The van der Waals surface area contributed by atoms with Crippen molar-refractivity contribution in [3.8, 4) is 0 Å². The molecule has 0 bridgehead atoms. The highest BCUT2D eigenvalue weighted by molar-refractivity contribution is 5.87. The lowest BCUT2D eigenvalue weighted by molar-refractivity contribution is 0.0685. The van der Waals surface area contributed by atoms with Gasteiger partial charge in [0, 0.05) is 30.0 Å². The quantitative estimate of drug-likeness (QED) is 0.185. The minimum absolute atomic E-state index is 0.0279. The summed E-state index contributed by atoms with van der Waals surface area (Å²) in [6, 6.07) is 18.7. The monoisotopic (exact) mass is 745 g/mol. The molecular weight excluding hydrogens is 683 g/mol.